The predicted molar refractivity (Wildman–Crippen MR) is 127 cm³/mol. The first-order valence-electron chi connectivity index (χ1n) is 10.8. The molecule has 2 N–H and O–H groups in total. The van der Waals surface area contributed by atoms with E-state index < -0.39 is 0 Å². The monoisotopic (exact) mass is 464 g/mol. The number of ether oxygens (including phenoxy) is 2. The highest BCUT2D eigenvalue weighted by molar-refractivity contribution is 6.21. The third kappa shape index (κ3) is 5.22. The molecule has 0 spiro atoms. The van der Waals surface area contributed by atoms with Crippen molar-refractivity contribution in [3.63, 3.8) is 0 Å². The molecule has 0 saturated carbocycles. The number of carbonyl (C=O) groups excluding carboxylic acids is 1. The molecule has 0 saturated heterocycles. The third-order valence-corrected chi connectivity index (χ3v) is 5.10. The minimum absolute atomic E-state index is 0.0532. The first-order chi connectivity index (χ1) is 16.4. The maximum Gasteiger partial charge on any atom is 0.368 e. The molecule has 34 heavy (non-hydrogen) atoms. The number of hydrogen-bond acceptors (Lipinski definition) is 8. The van der Waals surface area contributed by atoms with Crippen LogP contribution in [-0.2, 0) is 23.2 Å². The number of aldehydes is 1. The van der Waals surface area contributed by atoms with Gasteiger partial charge in [0, 0.05) is 25.2 Å². The van der Waals surface area contributed by atoms with Crippen molar-refractivity contribution in [3.05, 3.63) is 81.1 Å². The van der Waals surface area contributed by atoms with Gasteiger partial charge in [-0.2, -0.15) is 9.36 Å². The number of rotatable bonds is 11. The maximum atomic E-state index is 12.3. The van der Waals surface area contributed by atoms with Crippen molar-refractivity contribution in [1.29, 1.82) is 5.41 Å². The Balaban J connectivity index is 1.82. The van der Waals surface area contributed by atoms with E-state index in [1.807, 2.05) is 32.0 Å². The van der Waals surface area contributed by atoms with E-state index in [1.54, 1.807) is 31.3 Å². The molecule has 0 aliphatic rings. The number of hydrogen-bond donors (Lipinski definition) is 2. The van der Waals surface area contributed by atoms with E-state index in [4.69, 9.17) is 14.9 Å². The summed E-state index contributed by atoms with van der Waals surface area (Å²) in [6, 6.07) is 12.6. The van der Waals surface area contributed by atoms with Gasteiger partial charge < -0.3 is 14.8 Å². The van der Waals surface area contributed by atoms with Crippen molar-refractivity contribution in [2.75, 3.05) is 13.7 Å². The number of aromatic nitrogens is 4. The average Bonchev–Trinajstić information content (AvgIpc) is 3.18. The number of allylic oxidation sites excluding steroid dienone is 1. The van der Waals surface area contributed by atoms with Crippen molar-refractivity contribution in [2.45, 2.75) is 26.9 Å². The van der Waals surface area contributed by atoms with Gasteiger partial charge in [0.1, 0.15) is 12.4 Å². The second-order valence-electron chi connectivity index (χ2n) is 7.53. The summed E-state index contributed by atoms with van der Waals surface area (Å²) in [6.45, 7) is 4.47. The summed E-state index contributed by atoms with van der Waals surface area (Å²) in [5, 5.41) is 19.0. The van der Waals surface area contributed by atoms with Gasteiger partial charge in [-0.25, -0.2) is 4.79 Å². The molecule has 178 valence electrons. The lowest BCUT2D eigenvalue weighted by Gasteiger charge is -2.15. The lowest BCUT2D eigenvalue weighted by Crippen LogP contribution is -2.23. The number of carbonyl (C=O) groups is 1. The van der Waals surface area contributed by atoms with Crippen LogP contribution >= 0.6 is 0 Å². The van der Waals surface area contributed by atoms with Crippen molar-refractivity contribution >= 4 is 12.0 Å². The van der Waals surface area contributed by atoms with E-state index in [-0.39, 0.29) is 29.5 Å². The summed E-state index contributed by atoms with van der Waals surface area (Å²) in [5.41, 5.74) is 2.55. The molecule has 0 fully saturated rings. The zero-order valence-electron chi connectivity index (χ0n) is 19.7. The van der Waals surface area contributed by atoms with Crippen LogP contribution in [0.5, 0.6) is 5.75 Å². The fourth-order valence-corrected chi connectivity index (χ4v) is 3.30. The number of aryl methyl sites for hydroxylation is 2. The molecule has 10 nitrogen and oxygen atoms in total. The molecule has 0 radical (unpaired) electrons. The zero-order valence-corrected chi connectivity index (χ0v) is 19.7. The van der Waals surface area contributed by atoms with Crippen LogP contribution in [0.25, 0.3) is 5.69 Å². The fraction of sp³-hybridized carbons (Fsp3) is 0.292. The molecule has 1 heterocycles. The summed E-state index contributed by atoms with van der Waals surface area (Å²) >= 11 is 0. The van der Waals surface area contributed by atoms with E-state index in [1.165, 1.54) is 11.7 Å². The third-order valence-electron chi connectivity index (χ3n) is 5.10. The highest BCUT2D eigenvalue weighted by atomic mass is 16.5. The number of nitrogens with zero attached hydrogens (tertiary/aromatic N) is 4. The molecule has 0 bridgehead atoms. The van der Waals surface area contributed by atoms with Gasteiger partial charge in [0.05, 0.1) is 23.6 Å². The first-order valence-corrected chi connectivity index (χ1v) is 10.8. The Morgan fingerprint density at radius 3 is 2.59 bits per heavy atom. The van der Waals surface area contributed by atoms with Crippen molar-refractivity contribution < 1.29 is 14.3 Å². The Labute approximate surface area is 197 Å². The van der Waals surface area contributed by atoms with Gasteiger partial charge in [-0.3, -0.25) is 10.2 Å². The van der Waals surface area contributed by atoms with Crippen LogP contribution in [0.4, 0.5) is 0 Å². The van der Waals surface area contributed by atoms with Crippen LogP contribution in [-0.4, -0.2) is 45.4 Å². The van der Waals surface area contributed by atoms with Crippen LogP contribution in [0.3, 0.4) is 0 Å². The standard InChI is InChI=1S/C24H28N6O4/c1-5-12-33-23(26-3)19(14-31)22(25)17-10-11-21(16(2)13-17)34-15-18-8-6-7-9-20(18)30-24(32)29(4)27-28-30/h6-11,13-14,25-26H,5,12,15H2,1-4H3. The van der Waals surface area contributed by atoms with Gasteiger partial charge in [0.2, 0.25) is 0 Å². The molecule has 10 heteroatoms. The van der Waals surface area contributed by atoms with E-state index in [2.05, 4.69) is 15.7 Å². The highest BCUT2D eigenvalue weighted by Crippen LogP contribution is 2.23. The van der Waals surface area contributed by atoms with Crippen molar-refractivity contribution in [2.24, 2.45) is 7.05 Å². The lowest BCUT2D eigenvalue weighted by atomic mass is 10.0. The van der Waals surface area contributed by atoms with Gasteiger partial charge >= 0.3 is 5.69 Å². The van der Waals surface area contributed by atoms with Crippen LogP contribution in [0, 0.1) is 12.3 Å². The lowest BCUT2D eigenvalue weighted by molar-refractivity contribution is -0.104. The van der Waals surface area contributed by atoms with Gasteiger partial charge in [0.25, 0.3) is 0 Å². The summed E-state index contributed by atoms with van der Waals surface area (Å²) in [7, 11) is 3.19. The Bertz CT molecular complexity index is 1270. The number of nitrogens with one attached hydrogen (secondary N) is 2. The summed E-state index contributed by atoms with van der Waals surface area (Å²) in [6.07, 6.45) is 1.40. The van der Waals surface area contributed by atoms with Gasteiger partial charge in [-0.15, -0.1) is 0 Å². The predicted octanol–water partition coefficient (Wildman–Crippen LogP) is 2.28. The molecule has 2 aromatic carbocycles. The maximum absolute atomic E-state index is 12.3. The molecule has 0 atom stereocenters. The van der Waals surface area contributed by atoms with Gasteiger partial charge in [0.15, 0.2) is 12.2 Å². The normalized spacial score (nSPS) is 11.5. The fourth-order valence-electron chi connectivity index (χ4n) is 3.30. The molecule has 0 aliphatic carbocycles. The molecule has 3 aromatic rings. The Morgan fingerprint density at radius 2 is 1.97 bits per heavy atom. The second-order valence-corrected chi connectivity index (χ2v) is 7.53. The quantitative estimate of drug-likeness (QED) is 0.193. The van der Waals surface area contributed by atoms with Crippen molar-refractivity contribution in [1.82, 2.24) is 25.1 Å². The number of benzene rings is 2. The van der Waals surface area contributed by atoms with Crippen LogP contribution < -0.4 is 15.7 Å². The Morgan fingerprint density at radius 1 is 1.21 bits per heavy atom. The smallest absolute Gasteiger partial charge is 0.368 e. The SMILES string of the molecule is CCCOC(NC)=C(C=O)C(=N)c1ccc(OCc2ccccc2-n2nnn(C)c2=O)c(C)c1. The van der Waals surface area contributed by atoms with Crippen LogP contribution in [0.1, 0.15) is 30.0 Å². The Hall–Kier alpha value is -4.21. The topological polar surface area (TPSA) is 124 Å². The molecule has 0 unspecified atom stereocenters. The second kappa shape index (κ2) is 11.1. The van der Waals surface area contributed by atoms with E-state index in [0.717, 1.165) is 22.2 Å². The van der Waals surface area contributed by atoms with Gasteiger partial charge in [-0.1, -0.05) is 25.1 Å². The molecule has 3 rings (SSSR count). The average molecular weight is 465 g/mol. The van der Waals surface area contributed by atoms with Gasteiger partial charge in [-0.05, 0) is 53.6 Å². The summed E-state index contributed by atoms with van der Waals surface area (Å²) in [5.74, 6) is 0.890. The number of para-hydroxylation sites is 1. The number of tetrazole rings is 1. The largest absolute Gasteiger partial charge is 0.489 e. The molecule has 0 amide bonds. The first kappa shape index (κ1) is 24.4. The highest BCUT2D eigenvalue weighted by Gasteiger charge is 2.16. The minimum atomic E-state index is -0.352. The van der Waals surface area contributed by atoms with E-state index in [0.29, 0.717) is 29.9 Å². The van der Waals surface area contributed by atoms with Crippen LogP contribution in [0.2, 0.25) is 0 Å². The molecular weight excluding hydrogens is 436 g/mol. The van der Waals surface area contributed by atoms with Crippen molar-refractivity contribution in [3.8, 4) is 11.4 Å². The van der Waals surface area contributed by atoms with E-state index >= 15 is 0 Å². The van der Waals surface area contributed by atoms with E-state index in [9.17, 15) is 9.59 Å². The summed E-state index contributed by atoms with van der Waals surface area (Å²) in [4.78, 5) is 23.9. The minimum Gasteiger partial charge on any atom is -0.489 e. The molecular formula is C24H28N6O4. The van der Waals surface area contributed by atoms with Crippen LogP contribution in [0.15, 0.2) is 58.7 Å². The molecule has 0 aliphatic heterocycles. The zero-order chi connectivity index (χ0) is 24.7. The Kier molecular flexibility index (Phi) is 7.96. The molecule has 1 aromatic heterocycles. The summed E-state index contributed by atoms with van der Waals surface area (Å²) < 4.78 is 14.0.